The van der Waals surface area contributed by atoms with Crippen molar-refractivity contribution in [3.63, 3.8) is 0 Å². The third-order valence-corrected chi connectivity index (χ3v) is 6.53. The van der Waals surface area contributed by atoms with Crippen LogP contribution >= 0.6 is 0 Å². The molecule has 0 atom stereocenters. The van der Waals surface area contributed by atoms with Gasteiger partial charge in [-0.1, -0.05) is 36.4 Å². The first-order chi connectivity index (χ1) is 11.6. The minimum absolute atomic E-state index is 0.698. The van der Waals surface area contributed by atoms with Crippen molar-refractivity contribution >= 4 is 16.6 Å². The molecule has 25 heavy (non-hydrogen) atoms. The highest BCUT2D eigenvalue weighted by Crippen LogP contribution is 2.40. The molecule has 0 aromatic heterocycles. The van der Waals surface area contributed by atoms with Gasteiger partial charge in [-0.3, -0.25) is 0 Å². The summed E-state index contributed by atoms with van der Waals surface area (Å²) in [6, 6.07) is 13.3. The Morgan fingerprint density at radius 3 is 2.08 bits per heavy atom. The fraction of sp³-hybridized carbons (Fsp3) is 0.429. The van der Waals surface area contributed by atoms with Gasteiger partial charge in [-0.2, -0.15) is 0 Å². The van der Waals surface area contributed by atoms with E-state index in [1.807, 2.05) is 0 Å². The Morgan fingerprint density at radius 1 is 0.760 bits per heavy atom. The molecule has 2 aromatic carbocycles. The molecule has 134 valence electrons. The van der Waals surface area contributed by atoms with Crippen LogP contribution in [-0.4, -0.2) is 16.6 Å². The van der Waals surface area contributed by atoms with Crippen molar-refractivity contribution < 1.29 is 8.85 Å². The number of hydrogen-bond acceptors (Lipinski definition) is 2. The molecule has 0 saturated carbocycles. The monoisotopic (exact) mass is 370 g/mol. The molecule has 1 aliphatic carbocycles. The number of benzene rings is 2. The zero-order valence-corrected chi connectivity index (χ0v) is 18.4. The highest BCUT2D eigenvalue weighted by atomic mass is 28.4. The molecule has 0 fully saturated rings. The van der Waals surface area contributed by atoms with Crippen molar-refractivity contribution in [3.8, 4) is 11.1 Å². The molecule has 0 radical (unpaired) electrons. The maximum atomic E-state index is 6.31. The van der Waals surface area contributed by atoms with Crippen LogP contribution in [0.4, 0.5) is 0 Å². The van der Waals surface area contributed by atoms with Crippen molar-refractivity contribution in [3.05, 3.63) is 58.7 Å². The third-order valence-electron chi connectivity index (χ3n) is 4.51. The van der Waals surface area contributed by atoms with Gasteiger partial charge >= 0.3 is 0 Å². The molecule has 0 spiro atoms. The molecule has 1 aliphatic rings. The highest BCUT2D eigenvalue weighted by molar-refractivity contribution is 6.70. The van der Waals surface area contributed by atoms with Crippen LogP contribution in [0.5, 0.6) is 0 Å². The van der Waals surface area contributed by atoms with Crippen LogP contribution in [0.15, 0.2) is 36.4 Å². The maximum absolute atomic E-state index is 6.31. The first kappa shape index (κ1) is 18.6. The van der Waals surface area contributed by atoms with Crippen molar-refractivity contribution in [2.45, 2.75) is 58.9 Å². The molecule has 0 saturated heterocycles. The van der Waals surface area contributed by atoms with Crippen molar-refractivity contribution in [1.82, 2.24) is 0 Å². The van der Waals surface area contributed by atoms with Crippen LogP contribution in [-0.2, 0) is 28.5 Å². The van der Waals surface area contributed by atoms with E-state index >= 15 is 0 Å². The summed E-state index contributed by atoms with van der Waals surface area (Å²) in [7, 11) is -3.11. The van der Waals surface area contributed by atoms with Crippen molar-refractivity contribution in [2.24, 2.45) is 0 Å². The van der Waals surface area contributed by atoms with Gasteiger partial charge in [0.1, 0.15) is 0 Å². The van der Waals surface area contributed by atoms with Gasteiger partial charge in [0.25, 0.3) is 0 Å². The summed E-state index contributed by atoms with van der Waals surface area (Å²) in [5, 5.41) is 0. The summed E-state index contributed by atoms with van der Waals surface area (Å²) < 4.78 is 12.5. The van der Waals surface area contributed by atoms with Gasteiger partial charge in [0, 0.05) is 0 Å². The Bertz CT molecular complexity index is 770. The first-order valence-corrected chi connectivity index (χ1v) is 16.0. The zero-order valence-electron chi connectivity index (χ0n) is 16.4. The molecule has 0 amide bonds. The average Bonchev–Trinajstić information content (AvgIpc) is 2.88. The predicted molar refractivity (Wildman–Crippen MR) is 111 cm³/mol. The second kappa shape index (κ2) is 6.84. The molecule has 0 heterocycles. The van der Waals surface area contributed by atoms with E-state index in [4.69, 9.17) is 8.85 Å². The smallest absolute Gasteiger partial charge is 0.184 e. The Morgan fingerprint density at radius 2 is 1.40 bits per heavy atom. The molecule has 3 rings (SSSR count). The molecule has 0 aliphatic heterocycles. The standard InChI is InChI=1S/C21H30O2Si2/c1-24(2,3)22-14-17-11-12-19-18-10-8-7-9-16(18)13-20(19)21(17)15-23-25(4,5)6/h7-12H,13-15H2,1-6H3. The lowest BCUT2D eigenvalue weighted by Crippen LogP contribution is -2.27. The van der Waals surface area contributed by atoms with E-state index in [0.29, 0.717) is 13.2 Å². The fourth-order valence-corrected chi connectivity index (χ4v) is 4.39. The van der Waals surface area contributed by atoms with Gasteiger partial charge in [-0.15, -0.1) is 0 Å². The Kier molecular flexibility index (Phi) is 5.08. The minimum atomic E-state index is -1.57. The third kappa shape index (κ3) is 4.50. The molecule has 2 nitrogen and oxygen atoms in total. The second-order valence-electron chi connectivity index (χ2n) is 8.87. The van der Waals surface area contributed by atoms with Gasteiger partial charge in [-0.25, -0.2) is 0 Å². The van der Waals surface area contributed by atoms with E-state index in [9.17, 15) is 0 Å². The lowest BCUT2D eigenvalue weighted by atomic mass is 9.97. The van der Waals surface area contributed by atoms with Gasteiger partial charge < -0.3 is 8.85 Å². The largest absolute Gasteiger partial charge is 0.413 e. The van der Waals surface area contributed by atoms with Crippen LogP contribution < -0.4 is 0 Å². The van der Waals surface area contributed by atoms with Crippen LogP contribution in [0.25, 0.3) is 11.1 Å². The summed E-state index contributed by atoms with van der Waals surface area (Å²) in [4.78, 5) is 0. The normalized spacial score (nSPS) is 13.7. The van der Waals surface area contributed by atoms with Gasteiger partial charge in [0.15, 0.2) is 16.6 Å². The molecular weight excluding hydrogens is 340 g/mol. The molecular formula is C21H30O2Si2. The van der Waals surface area contributed by atoms with Crippen LogP contribution in [0.2, 0.25) is 39.3 Å². The summed E-state index contributed by atoms with van der Waals surface area (Å²) in [5.74, 6) is 0. The SMILES string of the molecule is C[Si](C)(C)OCc1ccc2c(c1CO[Si](C)(C)C)Cc1ccccc1-2. The Hall–Kier alpha value is -1.21. The van der Waals surface area contributed by atoms with E-state index in [-0.39, 0.29) is 0 Å². The van der Waals surface area contributed by atoms with Gasteiger partial charge in [0.05, 0.1) is 13.2 Å². The number of fused-ring (bicyclic) bond motifs is 3. The summed E-state index contributed by atoms with van der Waals surface area (Å²) in [5.41, 5.74) is 8.28. The molecule has 0 bridgehead atoms. The lowest BCUT2D eigenvalue weighted by molar-refractivity contribution is 0.277. The van der Waals surface area contributed by atoms with E-state index in [0.717, 1.165) is 6.42 Å². The van der Waals surface area contributed by atoms with E-state index in [1.54, 1.807) is 0 Å². The topological polar surface area (TPSA) is 18.5 Å². The van der Waals surface area contributed by atoms with Gasteiger partial charge in [0.2, 0.25) is 0 Å². The van der Waals surface area contributed by atoms with Crippen LogP contribution in [0.3, 0.4) is 0 Å². The molecule has 0 unspecified atom stereocenters. The Balaban J connectivity index is 1.98. The molecule has 2 aromatic rings. The van der Waals surface area contributed by atoms with E-state index < -0.39 is 16.6 Å². The first-order valence-electron chi connectivity index (χ1n) is 9.14. The summed E-state index contributed by atoms with van der Waals surface area (Å²) in [6.45, 7) is 14.9. The maximum Gasteiger partial charge on any atom is 0.184 e. The fourth-order valence-electron chi connectivity index (χ4n) is 3.22. The quantitative estimate of drug-likeness (QED) is 0.498. The van der Waals surface area contributed by atoms with Gasteiger partial charge in [-0.05, 0) is 79.1 Å². The zero-order chi connectivity index (χ0) is 18.2. The second-order valence-corrected chi connectivity index (χ2v) is 17.9. The van der Waals surface area contributed by atoms with Crippen LogP contribution in [0, 0.1) is 0 Å². The summed E-state index contributed by atoms with van der Waals surface area (Å²) >= 11 is 0. The van der Waals surface area contributed by atoms with E-state index in [2.05, 4.69) is 75.7 Å². The number of hydrogen-bond donors (Lipinski definition) is 0. The van der Waals surface area contributed by atoms with Crippen LogP contribution in [0.1, 0.15) is 22.3 Å². The van der Waals surface area contributed by atoms with E-state index in [1.165, 1.54) is 33.4 Å². The highest BCUT2D eigenvalue weighted by Gasteiger charge is 2.25. The average molecular weight is 371 g/mol. The minimum Gasteiger partial charge on any atom is -0.413 e. The Labute approximate surface area is 154 Å². The summed E-state index contributed by atoms with van der Waals surface area (Å²) in [6.07, 6.45) is 1.01. The van der Waals surface area contributed by atoms with Crippen molar-refractivity contribution in [1.29, 1.82) is 0 Å². The molecule has 4 heteroatoms. The number of rotatable bonds is 6. The van der Waals surface area contributed by atoms with Crippen molar-refractivity contribution in [2.75, 3.05) is 0 Å². The predicted octanol–water partition coefficient (Wildman–Crippen LogP) is 5.96. The molecule has 0 N–H and O–H groups in total. The lowest BCUT2D eigenvalue weighted by Gasteiger charge is -2.23.